The normalized spacial score (nSPS) is 26.7. The van der Waals surface area contributed by atoms with Gasteiger partial charge in [-0.25, -0.2) is 0 Å². The average molecular weight is 157 g/mol. The highest BCUT2D eigenvalue weighted by Gasteiger charge is 2.24. The number of hydrogen-bond donors (Lipinski definition) is 2. The summed E-state index contributed by atoms with van der Waals surface area (Å²) >= 11 is 0. The smallest absolute Gasteiger partial charge is 0.220 e. The highest BCUT2D eigenvalue weighted by Crippen LogP contribution is 2.17. The van der Waals surface area contributed by atoms with Crippen LogP contribution in [-0.4, -0.2) is 23.7 Å². The molecule has 0 bridgehead atoms. The van der Waals surface area contributed by atoms with E-state index in [0.29, 0.717) is 18.4 Å². The van der Waals surface area contributed by atoms with Gasteiger partial charge >= 0.3 is 0 Å². The van der Waals surface area contributed by atoms with Crippen molar-refractivity contribution in [1.82, 2.24) is 5.32 Å². The molecule has 3 heteroatoms. The lowest BCUT2D eigenvalue weighted by atomic mass is 9.98. The van der Waals surface area contributed by atoms with Crippen LogP contribution < -0.4 is 5.32 Å². The van der Waals surface area contributed by atoms with Gasteiger partial charge in [-0.05, 0) is 18.8 Å². The van der Waals surface area contributed by atoms with E-state index in [0.717, 1.165) is 12.8 Å². The molecule has 1 rings (SSSR count). The third-order valence-corrected chi connectivity index (χ3v) is 2.30. The number of carbonyl (C=O) groups excluding carboxylic acids is 1. The van der Waals surface area contributed by atoms with E-state index in [9.17, 15) is 4.79 Å². The number of amides is 1. The van der Waals surface area contributed by atoms with Crippen molar-refractivity contribution < 1.29 is 9.90 Å². The second kappa shape index (κ2) is 3.72. The van der Waals surface area contributed by atoms with Gasteiger partial charge in [0.2, 0.25) is 5.91 Å². The molecule has 2 unspecified atom stereocenters. The molecule has 0 radical (unpaired) electrons. The maximum absolute atomic E-state index is 10.8. The first-order valence-corrected chi connectivity index (χ1v) is 4.14. The molecule has 2 atom stereocenters. The summed E-state index contributed by atoms with van der Waals surface area (Å²) in [4.78, 5) is 10.8. The fourth-order valence-electron chi connectivity index (χ4n) is 1.47. The summed E-state index contributed by atoms with van der Waals surface area (Å²) in [5, 5.41) is 11.5. The highest BCUT2D eigenvalue weighted by atomic mass is 16.3. The minimum atomic E-state index is 0.153. The molecule has 1 fully saturated rings. The van der Waals surface area contributed by atoms with Crippen molar-refractivity contribution in [2.45, 2.75) is 32.2 Å². The Morgan fingerprint density at radius 2 is 2.55 bits per heavy atom. The predicted octanol–water partition coefficient (Wildman–Crippen LogP) is 0.283. The predicted molar refractivity (Wildman–Crippen MR) is 42.0 cm³/mol. The first kappa shape index (κ1) is 8.53. The summed E-state index contributed by atoms with van der Waals surface area (Å²) in [7, 11) is 0. The van der Waals surface area contributed by atoms with Crippen LogP contribution in [0.2, 0.25) is 0 Å². The fraction of sp³-hybridized carbons (Fsp3) is 0.875. The van der Waals surface area contributed by atoms with Crippen molar-refractivity contribution in [1.29, 1.82) is 0 Å². The SMILES string of the molecule is CC(CCO)C1CCC(=O)N1. The molecular weight excluding hydrogens is 142 g/mol. The van der Waals surface area contributed by atoms with Crippen LogP contribution in [0.25, 0.3) is 0 Å². The standard InChI is InChI=1S/C8H15NO2/c1-6(4-5-10)7-2-3-8(11)9-7/h6-7,10H,2-5H2,1H3,(H,9,11). The summed E-state index contributed by atoms with van der Waals surface area (Å²) < 4.78 is 0. The van der Waals surface area contributed by atoms with Crippen molar-refractivity contribution in [3.8, 4) is 0 Å². The molecule has 0 aromatic carbocycles. The fourth-order valence-corrected chi connectivity index (χ4v) is 1.47. The molecule has 64 valence electrons. The Bertz CT molecular complexity index is 147. The van der Waals surface area contributed by atoms with Crippen LogP contribution >= 0.6 is 0 Å². The van der Waals surface area contributed by atoms with Gasteiger partial charge in [-0.15, -0.1) is 0 Å². The third kappa shape index (κ3) is 2.19. The number of aliphatic hydroxyl groups is 1. The van der Waals surface area contributed by atoms with Gasteiger partial charge in [-0.3, -0.25) is 4.79 Å². The number of aliphatic hydroxyl groups excluding tert-OH is 1. The Labute approximate surface area is 66.8 Å². The average Bonchev–Trinajstić information content (AvgIpc) is 2.36. The van der Waals surface area contributed by atoms with Crippen LogP contribution in [0, 0.1) is 5.92 Å². The second-order valence-electron chi connectivity index (χ2n) is 3.20. The zero-order valence-electron chi connectivity index (χ0n) is 6.84. The summed E-state index contributed by atoms with van der Waals surface area (Å²) in [5.41, 5.74) is 0. The lowest BCUT2D eigenvalue weighted by molar-refractivity contribution is -0.119. The Balaban J connectivity index is 2.30. The summed E-state index contributed by atoms with van der Waals surface area (Å²) in [6, 6.07) is 0.301. The molecule has 1 heterocycles. The van der Waals surface area contributed by atoms with Gasteiger partial charge in [0.1, 0.15) is 0 Å². The molecule has 1 amide bonds. The molecular formula is C8H15NO2. The molecule has 1 aliphatic heterocycles. The van der Waals surface area contributed by atoms with Crippen LogP contribution in [0.4, 0.5) is 0 Å². The van der Waals surface area contributed by atoms with E-state index in [4.69, 9.17) is 5.11 Å². The van der Waals surface area contributed by atoms with E-state index < -0.39 is 0 Å². The molecule has 0 aromatic heterocycles. The minimum absolute atomic E-state index is 0.153. The van der Waals surface area contributed by atoms with Gasteiger partial charge in [-0.2, -0.15) is 0 Å². The van der Waals surface area contributed by atoms with E-state index in [1.54, 1.807) is 0 Å². The van der Waals surface area contributed by atoms with E-state index in [1.165, 1.54) is 0 Å². The lowest BCUT2D eigenvalue weighted by Gasteiger charge is -2.17. The van der Waals surface area contributed by atoms with Crippen LogP contribution in [-0.2, 0) is 4.79 Å². The lowest BCUT2D eigenvalue weighted by Crippen LogP contribution is -2.31. The first-order valence-electron chi connectivity index (χ1n) is 4.14. The Morgan fingerprint density at radius 1 is 1.82 bits per heavy atom. The van der Waals surface area contributed by atoms with Crippen LogP contribution in [0.3, 0.4) is 0 Å². The summed E-state index contributed by atoms with van der Waals surface area (Å²) in [6.45, 7) is 2.28. The zero-order chi connectivity index (χ0) is 8.27. The van der Waals surface area contributed by atoms with Crippen molar-refractivity contribution >= 4 is 5.91 Å². The van der Waals surface area contributed by atoms with E-state index in [1.807, 2.05) is 0 Å². The molecule has 0 spiro atoms. The largest absolute Gasteiger partial charge is 0.396 e. The van der Waals surface area contributed by atoms with Gasteiger partial charge < -0.3 is 10.4 Å². The van der Waals surface area contributed by atoms with E-state index in [2.05, 4.69) is 12.2 Å². The van der Waals surface area contributed by atoms with E-state index >= 15 is 0 Å². The molecule has 0 saturated carbocycles. The van der Waals surface area contributed by atoms with Crippen molar-refractivity contribution in [3.05, 3.63) is 0 Å². The number of nitrogens with one attached hydrogen (secondary N) is 1. The third-order valence-electron chi connectivity index (χ3n) is 2.30. The number of carbonyl (C=O) groups is 1. The molecule has 1 saturated heterocycles. The topological polar surface area (TPSA) is 49.3 Å². The monoisotopic (exact) mass is 157 g/mol. The molecule has 2 N–H and O–H groups in total. The van der Waals surface area contributed by atoms with Crippen LogP contribution in [0.15, 0.2) is 0 Å². The molecule has 1 aliphatic rings. The minimum Gasteiger partial charge on any atom is -0.396 e. The maximum atomic E-state index is 10.8. The Kier molecular flexibility index (Phi) is 2.88. The Morgan fingerprint density at radius 3 is 3.00 bits per heavy atom. The first-order chi connectivity index (χ1) is 5.24. The van der Waals surface area contributed by atoms with Gasteiger partial charge in [-0.1, -0.05) is 6.92 Å². The quantitative estimate of drug-likeness (QED) is 0.618. The zero-order valence-corrected chi connectivity index (χ0v) is 6.84. The molecule has 3 nitrogen and oxygen atoms in total. The van der Waals surface area contributed by atoms with E-state index in [-0.39, 0.29) is 12.5 Å². The molecule has 11 heavy (non-hydrogen) atoms. The van der Waals surface area contributed by atoms with Crippen molar-refractivity contribution in [2.24, 2.45) is 5.92 Å². The summed E-state index contributed by atoms with van der Waals surface area (Å²) in [6.07, 6.45) is 2.37. The van der Waals surface area contributed by atoms with Gasteiger partial charge in [0.25, 0.3) is 0 Å². The van der Waals surface area contributed by atoms with Crippen molar-refractivity contribution in [3.63, 3.8) is 0 Å². The number of rotatable bonds is 3. The van der Waals surface area contributed by atoms with Gasteiger partial charge in [0.05, 0.1) is 0 Å². The van der Waals surface area contributed by atoms with Crippen molar-refractivity contribution in [2.75, 3.05) is 6.61 Å². The van der Waals surface area contributed by atoms with Gasteiger partial charge in [0, 0.05) is 19.1 Å². The van der Waals surface area contributed by atoms with Crippen LogP contribution in [0.5, 0.6) is 0 Å². The maximum Gasteiger partial charge on any atom is 0.220 e. The molecule has 0 aliphatic carbocycles. The Hall–Kier alpha value is -0.570. The van der Waals surface area contributed by atoms with Gasteiger partial charge in [0.15, 0.2) is 0 Å². The van der Waals surface area contributed by atoms with Crippen LogP contribution in [0.1, 0.15) is 26.2 Å². The second-order valence-corrected chi connectivity index (χ2v) is 3.20. The number of hydrogen-bond acceptors (Lipinski definition) is 2. The molecule has 0 aromatic rings. The summed E-state index contributed by atoms with van der Waals surface area (Å²) in [5.74, 6) is 0.561. The highest BCUT2D eigenvalue weighted by molar-refractivity contribution is 5.78.